The molecule has 0 bridgehead atoms. The fourth-order valence-electron chi connectivity index (χ4n) is 6.13. The minimum absolute atomic E-state index is 0.268. The molecule has 0 N–H and O–H groups in total. The molecule has 0 amide bonds. The van der Waals surface area contributed by atoms with E-state index in [1.807, 2.05) is 24.5 Å². The van der Waals surface area contributed by atoms with Gasteiger partial charge in [0.1, 0.15) is 23.9 Å². The lowest BCUT2D eigenvalue weighted by Gasteiger charge is -2.26. The fraction of sp³-hybridized carbons (Fsp3) is 0.0857. The molecule has 0 spiro atoms. The van der Waals surface area contributed by atoms with Crippen molar-refractivity contribution in [1.29, 1.82) is 0 Å². The summed E-state index contributed by atoms with van der Waals surface area (Å²) in [4.78, 5) is 18.1. The van der Waals surface area contributed by atoms with Crippen LogP contribution in [0, 0.1) is 0 Å². The molecule has 41 heavy (non-hydrogen) atoms. The van der Waals surface area contributed by atoms with E-state index in [9.17, 15) is 0 Å². The maximum atomic E-state index is 4.67. The Morgan fingerprint density at radius 1 is 0.512 bits per heavy atom. The highest BCUT2D eigenvalue weighted by Gasteiger charge is 2.26. The van der Waals surface area contributed by atoms with Crippen LogP contribution in [-0.2, 0) is 5.41 Å². The number of aromatic nitrogens is 6. The van der Waals surface area contributed by atoms with Crippen LogP contribution in [-0.4, -0.2) is 29.1 Å². The highest BCUT2D eigenvalue weighted by atomic mass is 15.1. The van der Waals surface area contributed by atoms with Crippen LogP contribution in [0.4, 0.5) is 0 Å². The summed E-state index contributed by atoms with van der Waals surface area (Å²) in [6, 6.07) is 34.3. The van der Waals surface area contributed by atoms with Gasteiger partial charge in [-0.1, -0.05) is 62.4 Å². The average molecular weight is 531 g/mol. The van der Waals surface area contributed by atoms with Crippen molar-refractivity contribution >= 4 is 43.9 Å². The highest BCUT2D eigenvalue weighted by Crippen LogP contribution is 2.39. The lowest BCUT2D eigenvalue weighted by atomic mass is 9.77. The summed E-state index contributed by atoms with van der Waals surface area (Å²) in [6.07, 6.45) is 7.09. The van der Waals surface area contributed by atoms with Gasteiger partial charge in [0.15, 0.2) is 0 Å². The molecule has 0 saturated heterocycles. The van der Waals surface area contributed by atoms with E-state index in [0.717, 1.165) is 55.2 Å². The number of nitrogens with zero attached hydrogens (tertiary/aromatic N) is 6. The van der Waals surface area contributed by atoms with Crippen LogP contribution in [0.2, 0.25) is 0 Å². The minimum Gasteiger partial charge on any atom is -0.294 e. The van der Waals surface area contributed by atoms with E-state index in [0.29, 0.717) is 0 Å². The summed E-state index contributed by atoms with van der Waals surface area (Å²) in [5.74, 6) is 0. The van der Waals surface area contributed by atoms with Gasteiger partial charge in [0.05, 0.1) is 11.0 Å². The van der Waals surface area contributed by atoms with Gasteiger partial charge in [0.25, 0.3) is 0 Å². The minimum atomic E-state index is -0.268. The van der Waals surface area contributed by atoms with E-state index < -0.39 is 0 Å². The molecule has 196 valence electrons. The molecule has 4 aromatic carbocycles. The Labute approximate surface area is 236 Å². The van der Waals surface area contributed by atoms with Crippen molar-refractivity contribution in [2.45, 2.75) is 19.3 Å². The number of benzene rings is 4. The van der Waals surface area contributed by atoms with Gasteiger partial charge in [-0.25, -0.2) is 19.9 Å². The molecule has 8 aromatic rings. The maximum absolute atomic E-state index is 4.67. The standard InChI is InChI=1S/C35H26N6/c1-35(2,23-13-15-31-27(17-23)29-19-36-21-38-33(29)40(31)25-9-5-3-6-10-25)24-14-16-32-28(18-24)30-20-37-22-39-34(30)41(32)26-11-7-4-8-12-26/h3-22H,1-2H3. The first-order valence-electron chi connectivity index (χ1n) is 13.7. The third kappa shape index (κ3) is 3.50. The van der Waals surface area contributed by atoms with Crippen molar-refractivity contribution in [3.8, 4) is 11.4 Å². The van der Waals surface area contributed by atoms with E-state index in [2.05, 4.69) is 128 Å². The largest absolute Gasteiger partial charge is 0.294 e. The van der Waals surface area contributed by atoms with Gasteiger partial charge >= 0.3 is 0 Å². The molecule has 0 aliphatic heterocycles. The van der Waals surface area contributed by atoms with Crippen molar-refractivity contribution in [3.63, 3.8) is 0 Å². The second-order valence-corrected chi connectivity index (χ2v) is 11.0. The van der Waals surface area contributed by atoms with Crippen LogP contribution in [0.5, 0.6) is 0 Å². The molecular weight excluding hydrogens is 504 g/mol. The number of fused-ring (bicyclic) bond motifs is 6. The van der Waals surface area contributed by atoms with Crippen LogP contribution in [0.15, 0.2) is 122 Å². The normalized spacial score (nSPS) is 12.1. The van der Waals surface area contributed by atoms with Gasteiger partial charge in [-0.15, -0.1) is 0 Å². The van der Waals surface area contributed by atoms with E-state index in [1.54, 1.807) is 12.7 Å². The Morgan fingerprint density at radius 2 is 0.951 bits per heavy atom. The zero-order valence-electron chi connectivity index (χ0n) is 22.7. The van der Waals surface area contributed by atoms with Crippen LogP contribution in [0.25, 0.3) is 55.2 Å². The van der Waals surface area contributed by atoms with Gasteiger partial charge < -0.3 is 0 Å². The van der Waals surface area contributed by atoms with Crippen LogP contribution < -0.4 is 0 Å². The van der Waals surface area contributed by atoms with E-state index in [4.69, 9.17) is 0 Å². The van der Waals surface area contributed by atoms with Gasteiger partial charge in [-0.3, -0.25) is 9.13 Å². The third-order valence-electron chi connectivity index (χ3n) is 8.33. The summed E-state index contributed by atoms with van der Waals surface area (Å²) in [7, 11) is 0. The highest BCUT2D eigenvalue weighted by molar-refractivity contribution is 6.09. The summed E-state index contributed by atoms with van der Waals surface area (Å²) < 4.78 is 4.43. The van der Waals surface area contributed by atoms with Gasteiger partial charge in [0.2, 0.25) is 0 Å². The van der Waals surface area contributed by atoms with E-state index in [1.165, 1.54) is 11.1 Å². The zero-order chi connectivity index (χ0) is 27.6. The third-order valence-corrected chi connectivity index (χ3v) is 8.33. The molecule has 0 atom stereocenters. The quantitative estimate of drug-likeness (QED) is 0.233. The van der Waals surface area contributed by atoms with Crippen molar-refractivity contribution in [2.24, 2.45) is 0 Å². The Kier molecular flexibility index (Phi) is 5.06. The maximum Gasteiger partial charge on any atom is 0.148 e. The molecule has 8 rings (SSSR count). The molecule has 6 heteroatoms. The predicted molar refractivity (Wildman–Crippen MR) is 165 cm³/mol. The Balaban J connectivity index is 1.32. The SMILES string of the molecule is CC(C)(c1ccc2c(c1)c1cncnc1n2-c1ccccc1)c1ccc2c(c1)c1cncnc1n2-c1ccccc1. The van der Waals surface area contributed by atoms with Crippen molar-refractivity contribution in [3.05, 3.63) is 133 Å². The molecule has 0 unspecified atom stereocenters. The molecule has 0 aliphatic rings. The molecule has 0 radical (unpaired) electrons. The predicted octanol–water partition coefficient (Wildman–Crippen LogP) is 7.79. The lowest BCUT2D eigenvalue weighted by molar-refractivity contribution is 0.643. The van der Waals surface area contributed by atoms with Crippen LogP contribution in [0.3, 0.4) is 0 Å². The van der Waals surface area contributed by atoms with Crippen molar-refractivity contribution in [2.75, 3.05) is 0 Å². The topological polar surface area (TPSA) is 61.4 Å². The van der Waals surface area contributed by atoms with Crippen molar-refractivity contribution < 1.29 is 0 Å². The smallest absolute Gasteiger partial charge is 0.148 e. The Morgan fingerprint density at radius 3 is 1.39 bits per heavy atom. The summed E-state index contributed by atoms with van der Waals surface area (Å²) >= 11 is 0. The van der Waals surface area contributed by atoms with E-state index in [-0.39, 0.29) is 5.41 Å². The molecule has 4 aromatic heterocycles. The first-order valence-corrected chi connectivity index (χ1v) is 13.7. The summed E-state index contributed by atoms with van der Waals surface area (Å²) in [5.41, 5.74) is 8.40. The molecular formula is C35H26N6. The van der Waals surface area contributed by atoms with E-state index >= 15 is 0 Å². The van der Waals surface area contributed by atoms with Gasteiger partial charge in [0, 0.05) is 50.7 Å². The van der Waals surface area contributed by atoms with Crippen molar-refractivity contribution in [1.82, 2.24) is 29.1 Å². The fourth-order valence-corrected chi connectivity index (χ4v) is 6.13. The molecule has 4 heterocycles. The molecule has 0 saturated carbocycles. The number of hydrogen-bond acceptors (Lipinski definition) is 4. The zero-order valence-corrected chi connectivity index (χ0v) is 22.7. The second kappa shape index (κ2) is 8.83. The van der Waals surface area contributed by atoms with Gasteiger partial charge in [-0.05, 0) is 59.7 Å². The Bertz CT molecular complexity index is 2070. The molecule has 0 fully saturated rings. The summed E-state index contributed by atoms with van der Waals surface area (Å²) in [6.45, 7) is 4.57. The van der Waals surface area contributed by atoms with Crippen LogP contribution >= 0.6 is 0 Å². The number of rotatable bonds is 4. The second-order valence-electron chi connectivity index (χ2n) is 11.0. The lowest BCUT2D eigenvalue weighted by Crippen LogP contribution is -2.18. The first kappa shape index (κ1) is 23.5. The van der Waals surface area contributed by atoms with Gasteiger partial charge in [-0.2, -0.15) is 0 Å². The average Bonchev–Trinajstić information content (AvgIpc) is 3.54. The molecule has 6 nitrogen and oxygen atoms in total. The molecule has 0 aliphatic carbocycles. The van der Waals surface area contributed by atoms with Crippen LogP contribution in [0.1, 0.15) is 25.0 Å². The summed E-state index contributed by atoms with van der Waals surface area (Å²) in [5, 5.41) is 4.38. The Hall–Kier alpha value is -5.36. The monoisotopic (exact) mass is 530 g/mol. The first-order chi connectivity index (χ1) is 20.1. The number of para-hydroxylation sites is 2. The number of hydrogen-bond donors (Lipinski definition) is 0.